The van der Waals surface area contributed by atoms with E-state index in [4.69, 9.17) is 14.2 Å². The molecule has 0 bridgehead atoms. The summed E-state index contributed by atoms with van der Waals surface area (Å²) in [6, 6.07) is 5.01. The zero-order chi connectivity index (χ0) is 17.4. The number of hydrogen-bond donors (Lipinski definition) is 2. The smallest absolute Gasteiger partial charge is 0.305 e. The Kier molecular flexibility index (Phi) is 6.85. The van der Waals surface area contributed by atoms with E-state index in [0.717, 1.165) is 0 Å². The Hall–Kier alpha value is -2.77. The maximum Gasteiger partial charge on any atom is 0.305 e. The third-order valence-electron chi connectivity index (χ3n) is 2.59. The largest absolute Gasteiger partial charge is 0.497 e. The van der Waals surface area contributed by atoms with Crippen molar-refractivity contribution in [2.24, 2.45) is 0 Å². The van der Waals surface area contributed by atoms with Crippen LogP contribution in [0.4, 0.5) is 11.4 Å². The Morgan fingerprint density at radius 3 is 2.13 bits per heavy atom. The lowest BCUT2D eigenvalue weighted by molar-refractivity contribution is -0.182. The number of methoxy groups -OCH3 is 1. The lowest BCUT2D eigenvalue weighted by Gasteiger charge is -2.19. The Balaban J connectivity index is 2.88. The highest BCUT2D eigenvalue weighted by Crippen LogP contribution is 2.27. The summed E-state index contributed by atoms with van der Waals surface area (Å²) in [6.45, 7) is 3.82. The third kappa shape index (κ3) is 6.68. The van der Waals surface area contributed by atoms with Crippen LogP contribution >= 0.6 is 0 Å². The van der Waals surface area contributed by atoms with Gasteiger partial charge in [-0.15, -0.1) is 0 Å². The lowest BCUT2D eigenvalue weighted by Crippen LogP contribution is -2.30. The second kappa shape index (κ2) is 8.62. The van der Waals surface area contributed by atoms with Gasteiger partial charge in [0.2, 0.25) is 5.91 Å². The Morgan fingerprint density at radius 2 is 1.65 bits per heavy atom. The van der Waals surface area contributed by atoms with Crippen molar-refractivity contribution in [3.05, 3.63) is 18.2 Å². The van der Waals surface area contributed by atoms with Gasteiger partial charge in [0, 0.05) is 26.8 Å². The van der Waals surface area contributed by atoms with E-state index in [2.05, 4.69) is 10.6 Å². The van der Waals surface area contributed by atoms with Crippen LogP contribution in [0.3, 0.4) is 0 Å². The van der Waals surface area contributed by atoms with E-state index in [-0.39, 0.29) is 12.5 Å². The minimum Gasteiger partial charge on any atom is -0.497 e. The highest BCUT2D eigenvalue weighted by atomic mass is 16.7. The summed E-state index contributed by atoms with van der Waals surface area (Å²) in [5.41, 5.74) is 1.05. The van der Waals surface area contributed by atoms with Crippen LogP contribution in [0.15, 0.2) is 18.2 Å². The van der Waals surface area contributed by atoms with Crippen LogP contribution in [-0.4, -0.2) is 37.8 Å². The van der Waals surface area contributed by atoms with Gasteiger partial charge in [-0.25, -0.2) is 0 Å². The topological polar surface area (TPSA) is 103 Å². The van der Waals surface area contributed by atoms with E-state index in [1.165, 1.54) is 27.9 Å². The third-order valence-corrected chi connectivity index (χ3v) is 2.59. The molecule has 8 nitrogen and oxygen atoms in total. The number of esters is 2. The zero-order valence-electron chi connectivity index (χ0n) is 13.5. The van der Waals surface area contributed by atoms with Crippen LogP contribution < -0.4 is 15.4 Å². The number of hydrogen-bond acceptors (Lipinski definition) is 7. The molecule has 0 aliphatic rings. The number of anilines is 2. The molecule has 0 radical (unpaired) electrons. The van der Waals surface area contributed by atoms with Gasteiger partial charge >= 0.3 is 11.9 Å². The SMILES string of the molecule is COc1ccc(NC(C)=O)c(NCC(OC(C)=O)OC(C)=O)c1. The lowest BCUT2D eigenvalue weighted by atomic mass is 10.2. The first-order valence-electron chi connectivity index (χ1n) is 6.85. The highest BCUT2D eigenvalue weighted by molar-refractivity contribution is 5.92. The van der Waals surface area contributed by atoms with Crippen molar-refractivity contribution in [2.45, 2.75) is 27.1 Å². The summed E-state index contributed by atoms with van der Waals surface area (Å²) in [7, 11) is 1.51. The first-order chi connectivity index (χ1) is 10.8. The van der Waals surface area contributed by atoms with Crippen molar-refractivity contribution in [2.75, 3.05) is 24.3 Å². The molecule has 0 atom stereocenters. The van der Waals surface area contributed by atoms with Gasteiger partial charge in [-0.05, 0) is 12.1 Å². The molecule has 1 amide bonds. The van der Waals surface area contributed by atoms with Gasteiger partial charge in [0.05, 0.1) is 25.0 Å². The standard InChI is InChI=1S/C15H20N2O6/c1-9(18)17-13-6-5-12(21-4)7-14(13)16-8-15(22-10(2)19)23-11(3)20/h5-7,15-16H,8H2,1-4H3,(H,17,18). The van der Waals surface area contributed by atoms with Crippen molar-refractivity contribution in [1.82, 2.24) is 0 Å². The van der Waals surface area contributed by atoms with E-state index < -0.39 is 18.2 Å². The van der Waals surface area contributed by atoms with E-state index in [1.807, 2.05) is 0 Å². The maximum absolute atomic E-state index is 11.2. The minimum absolute atomic E-state index is 0.0128. The molecule has 0 aliphatic carbocycles. The van der Waals surface area contributed by atoms with Crippen molar-refractivity contribution >= 4 is 29.2 Å². The highest BCUT2D eigenvalue weighted by Gasteiger charge is 2.16. The first kappa shape index (κ1) is 18.3. The van der Waals surface area contributed by atoms with Crippen LogP contribution in [0, 0.1) is 0 Å². The zero-order valence-corrected chi connectivity index (χ0v) is 13.5. The Morgan fingerprint density at radius 1 is 1.04 bits per heavy atom. The van der Waals surface area contributed by atoms with Crippen molar-refractivity contribution in [1.29, 1.82) is 0 Å². The molecule has 0 aliphatic heterocycles. The van der Waals surface area contributed by atoms with Crippen molar-refractivity contribution in [3.8, 4) is 5.75 Å². The van der Waals surface area contributed by atoms with Crippen LogP contribution in [0.25, 0.3) is 0 Å². The molecule has 0 spiro atoms. The molecule has 0 saturated carbocycles. The molecule has 2 N–H and O–H groups in total. The predicted octanol–water partition coefficient (Wildman–Crippen LogP) is 1.52. The van der Waals surface area contributed by atoms with Crippen LogP contribution in [-0.2, 0) is 23.9 Å². The average molecular weight is 324 g/mol. The average Bonchev–Trinajstić information content (AvgIpc) is 2.44. The number of rotatable bonds is 7. The number of carbonyl (C=O) groups is 3. The maximum atomic E-state index is 11.2. The molecule has 8 heteroatoms. The summed E-state index contributed by atoms with van der Waals surface area (Å²) < 4.78 is 14.9. The summed E-state index contributed by atoms with van der Waals surface area (Å²) in [6.07, 6.45) is -1.08. The van der Waals surface area contributed by atoms with Crippen LogP contribution in [0.5, 0.6) is 5.75 Å². The fourth-order valence-corrected chi connectivity index (χ4v) is 1.77. The summed E-state index contributed by atoms with van der Waals surface area (Å²) in [4.78, 5) is 33.3. The molecule has 1 rings (SSSR count). The number of carbonyl (C=O) groups excluding carboxylic acids is 3. The fourth-order valence-electron chi connectivity index (χ4n) is 1.77. The molecule has 0 heterocycles. The molecule has 126 valence electrons. The molecule has 1 aromatic carbocycles. The van der Waals surface area contributed by atoms with Gasteiger partial charge in [-0.3, -0.25) is 14.4 Å². The molecular weight excluding hydrogens is 304 g/mol. The quantitative estimate of drug-likeness (QED) is 0.579. The Labute approximate surface area is 134 Å². The monoisotopic (exact) mass is 324 g/mol. The first-order valence-corrected chi connectivity index (χ1v) is 6.85. The molecule has 0 saturated heterocycles. The second-order valence-electron chi connectivity index (χ2n) is 4.62. The molecule has 0 unspecified atom stereocenters. The van der Waals surface area contributed by atoms with Gasteiger partial charge in [-0.1, -0.05) is 0 Å². The summed E-state index contributed by atoms with van der Waals surface area (Å²) in [5, 5.41) is 5.61. The Bertz CT molecular complexity index is 571. The molecule has 1 aromatic rings. The van der Waals surface area contributed by atoms with Crippen molar-refractivity contribution < 1.29 is 28.6 Å². The number of benzene rings is 1. The van der Waals surface area contributed by atoms with Crippen molar-refractivity contribution in [3.63, 3.8) is 0 Å². The van der Waals surface area contributed by atoms with Crippen LogP contribution in [0.1, 0.15) is 20.8 Å². The number of ether oxygens (including phenoxy) is 3. The van der Waals surface area contributed by atoms with Gasteiger partial charge in [0.15, 0.2) is 0 Å². The molecule has 0 fully saturated rings. The van der Waals surface area contributed by atoms with Gasteiger partial charge in [0.1, 0.15) is 5.75 Å². The molecule has 23 heavy (non-hydrogen) atoms. The van der Waals surface area contributed by atoms with Gasteiger partial charge in [0.25, 0.3) is 6.29 Å². The van der Waals surface area contributed by atoms with E-state index >= 15 is 0 Å². The normalized spacial score (nSPS) is 9.96. The van der Waals surface area contributed by atoms with Gasteiger partial charge < -0.3 is 24.8 Å². The van der Waals surface area contributed by atoms with E-state index in [1.54, 1.807) is 18.2 Å². The molecule has 0 aromatic heterocycles. The van der Waals surface area contributed by atoms with Crippen LogP contribution in [0.2, 0.25) is 0 Å². The predicted molar refractivity (Wildman–Crippen MR) is 83.1 cm³/mol. The number of amides is 1. The minimum atomic E-state index is -1.08. The summed E-state index contributed by atoms with van der Waals surface area (Å²) >= 11 is 0. The number of nitrogens with one attached hydrogen (secondary N) is 2. The van der Waals surface area contributed by atoms with E-state index in [0.29, 0.717) is 17.1 Å². The van der Waals surface area contributed by atoms with E-state index in [9.17, 15) is 14.4 Å². The molecular formula is C15H20N2O6. The second-order valence-corrected chi connectivity index (χ2v) is 4.62. The summed E-state index contributed by atoms with van der Waals surface area (Å²) in [5.74, 6) is -0.829. The fraction of sp³-hybridized carbons (Fsp3) is 0.400. The van der Waals surface area contributed by atoms with Gasteiger partial charge in [-0.2, -0.15) is 0 Å².